The van der Waals surface area contributed by atoms with Crippen LogP contribution in [-0.4, -0.2) is 15.3 Å². The first-order valence-electron chi connectivity index (χ1n) is 7.39. The second-order valence-corrected chi connectivity index (χ2v) is 6.64. The molecular formula is C18H11ClFN3OS. The van der Waals surface area contributed by atoms with Crippen molar-refractivity contribution in [1.29, 1.82) is 0 Å². The highest BCUT2D eigenvalue weighted by atomic mass is 35.5. The van der Waals surface area contributed by atoms with E-state index >= 15 is 0 Å². The minimum atomic E-state index is -0.300. The summed E-state index contributed by atoms with van der Waals surface area (Å²) in [6.07, 6.45) is 1.77. The van der Waals surface area contributed by atoms with E-state index in [1.54, 1.807) is 52.4 Å². The van der Waals surface area contributed by atoms with E-state index in [0.29, 0.717) is 27.1 Å². The van der Waals surface area contributed by atoms with E-state index in [9.17, 15) is 9.18 Å². The molecule has 0 fully saturated rings. The highest BCUT2D eigenvalue weighted by Crippen LogP contribution is 2.24. The normalized spacial score (nSPS) is 11.0. The number of hydrogen-bond acceptors (Lipinski definition) is 3. The number of halogens is 2. The number of anilines is 1. The molecule has 0 spiro atoms. The number of hydrogen-bond donors (Lipinski definition) is 1. The Bertz CT molecular complexity index is 1070. The number of carbonyl (C=O) groups is 1. The van der Waals surface area contributed by atoms with E-state index in [-0.39, 0.29) is 11.7 Å². The van der Waals surface area contributed by atoms with Crippen molar-refractivity contribution < 1.29 is 9.18 Å². The molecule has 0 radical (unpaired) electrons. The van der Waals surface area contributed by atoms with Gasteiger partial charge in [0.1, 0.15) is 11.5 Å². The second kappa shape index (κ2) is 6.31. The van der Waals surface area contributed by atoms with Crippen molar-refractivity contribution in [2.24, 2.45) is 0 Å². The summed E-state index contributed by atoms with van der Waals surface area (Å²) in [4.78, 5) is 17.7. The van der Waals surface area contributed by atoms with Crippen molar-refractivity contribution in [3.63, 3.8) is 0 Å². The van der Waals surface area contributed by atoms with E-state index in [4.69, 9.17) is 11.6 Å². The fraction of sp³-hybridized carbons (Fsp3) is 0. The van der Waals surface area contributed by atoms with Crippen molar-refractivity contribution in [2.45, 2.75) is 0 Å². The standard InChI is InChI=1S/C18H11ClFN3OS/c19-12-2-1-3-14(8-12)21-17(24)16-10-25-18-22-15(9-23(16)18)11-4-6-13(20)7-5-11/h1-10H,(H,21,24). The molecule has 2 aromatic carbocycles. The number of aromatic nitrogens is 2. The molecule has 4 nitrogen and oxygen atoms in total. The molecule has 0 saturated carbocycles. The largest absolute Gasteiger partial charge is 0.321 e. The van der Waals surface area contributed by atoms with Gasteiger partial charge in [-0.25, -0.2) is 9.37 Å². The zero-order valence-electron chi connectivity index (χ0n) is 12.7. The van der Waals surface area contributed by atoms with E-state index in [0.717, 1.165) is 5.56 Å². The summed E-state index contributed by atoms with van der Waals surface area (Å²) < 4.78 is 14.8. The first kappa shape index (κ1) is 15.8. The van der Waals surface area contributed by atoms with Gasteiger partial charge in [0.05, 0.1) is 5.69 Å². The Balaban J connectivity index is 1.66. The Morgan fingerprint density at radius 1 is 1.20 bits per heavy atom. The van der Waals surface area contributed by atoms with E-state index < -0.39 is 0 Å². The number of amides is 1. The lowest BCUT2D eigenvalue weighted by molar-refractivity contribution is 0.102. The summed E-state index contributed by atoms with van der Waals surface area (Å²) in [5.41, 5.74) is 2.57. The third-order valence-corrected chi connectivity index (χ3v) is 4.74. The molecule has 1 amide bonds. The van der Waals surface area contributed by atoms with Crippen molar-refractivity contribution in [2.75, 3.05) is 5.32 Å². The SMILES string of the molecule is O=C(Nc1cccc(Cl)c1)c1csc2nc(-c3ccc(F)cc3)cn12. The maximum atomic E-state index is 13.1. The summed E-state index contributed by atoms with van der Waals surface area (Å²) in [7, 11) is 0. The Kier molecular flexibility index (Phi) is 3.99. The zero-order chi connectivity index (χ0) is 17.4. The van der Waals surface area contributed by atoms with E-state index in [2.05, 4.69) is 10.3 Å². The van der Waals surface area contributed by atoms with Crippen molar-refractivity contribution >= 4 is 39.5 Å². The predicted octanol–water partition coefficient (Wildman–Crippen LogP) is 5.11. The molecule has 0 unspecified atom stereocenters. The molecule has 4 aromatic rings. The third-order valence-electron chi connectivity index (χ3n) is 3.66. The van der Waals surface area contributed by atoms with Gasteiger partial charge in [-0.1, -0.05) is 17.7 Å². The average molecular weight is 372 g/mol. The van der Waals surface area contributed by atoms with Crippen LogP contribution in [0.2, 0.25) is 5.02 Å². The van der Waals surface area contributed by atoms with Crippen LogP contribution in [0.25, 0.3) is 16.2 Å². The van der Waals surface area contributed by atoms with Crippen LogP contribution in [0.3, 0.4) is 0 Å². The number of carbonyl (C=O) groups excluding carboxylic acids is 1. The molecule has 0 aliphatic carbocycles. The Morgan fingerprint density at radius 2 is 2.00 bits per heavy atom. The van der Waals surface area contributed by atoms with Gasteiger partial charge in [-0.15, -0.1) is 11.3 Å². The predicted molar refractivity (Wildman–Crippen MR) is 97.9 cm³/mol. The topological polar surface area (TPSA) is 46.4 Å². The van der Waals surface area contributed by atoms with Gasteiger partial charge in [-0.3, -0.25) is 9.20 Å². The monoisotopic (exact) mass is 371 g/mol. The van der Waals surface area contributed by atoms with Crippen LogP contribution in [0.4, 0.5) is 10.1 Å². The van der Waals surface area contributed by atoms with Crippen LogP contribution >= 0.6 is 22.9 Å². The van der Waals surface area contributed by atoms with E-state index in [1.807, 2.05) is 0 Å². The van der Waals surface area contributed by atoms with Crippen LogP contribution in [0.1, 0.15) is 10.5 Å². The zero-order valence-corrected chi connectivity index (χ0v) is 14.3. The minimum Gasteiger partial charge on any atom is -0.321 e. The smallest absolute Gasteiger partial charge is 0.273 e. The summed E-state index contributed by atoms with van der Waals surface area (Å²) >= 11 is 7.30. The molecule has 7 heteroatoms. The number of thiazole rings is 1. The molecule has 124 valence electrons. The van der Waals surface area contributed by atoms with Crippen molar-refractivity contribution in [3.8, 4) is 11.3 Å². The lowest BCUT2D eigenvalue weighted by Gasteiger charge is -2.04. The molecule has 1 N–H and O–H groups in total. The number of nitrogens with one attached hydrogen (secondary N) is 1. The summed E-state index contributed by atoms with van der Waals surface area (Å²) in [5, 5.41) is 5.12. The molecule has 0 aliphatic heterocycles. The molecule has 0 saturated heterocycles. The van der Waals surface area contributed by atoms with Gasteiger partial charge in [0.15, 0.2) is 4.96 Å². The van der Waals surface area contributed by atoms with Gasteiger partial charge in [0.25, 0.3) is 5.91 Å². The van der Waals surface area contributed by atoms with Gasteiger partial charge in [-0.2, -0.15) is 0 Å². The third kappa shape index (κ3) is 3.14. The van der Waals surface area contributed by atoms with Crippen molar-refractivity contribution in [1.82, 2.24) is 9.38 Å². The first-order chi connectivity index (χ1) is 12.1. The molecule has 2 heterocycles. The fourth-order valence-electron chi connectivity index (χ4n) is 2.47. The average Bonchev–Trinajstić information content (AvgIpc) is 3.16. The molecule has 25 heavy (non-hydrogen) atoms. The lowest BCUT2D eigenvalue weighted by atomic mass is 10.2. The van der Waals surface area contributed by atoms with Gasteiger partial charge >= 0.3 is 0 Å². The molecule has 2 aromatic heterocycles. The Labute approximate surface area is 151 Å². The first-order valence-corrected chi connectivity index (χ1v) is 8.65. The maximum absolute atomic E-state index is 13.1. The fourth-order valence-corrected chi connectivity index (χ4v) is 3.51. The van der Waals surface area contributed by atoms with Crippen LogP contribution in [0, 0.1) is 5.82 Å². The molecule has 0 aliphatic rings. The highest BCUT2D eigenvalue weighted by Gasteiger charge is 2.15. The molecule has 4 rings (SSSR count). The number of imidazole rings is 1. The Hall–Kier alpha value is -2.70. The highest BCUT2D eigenvalue weighted by molar-refractivity contribution is 7.15. The lowest BCUT2D eigenvalue weighted by Crippen LogP contribution is -2.13. The minimum absolute atomic E-state index is 0.253. The quantitative estimate of drug-likeness (QED) is 0.544. The number of nitrogens with zero attached hydrogens (tertiary/aromatic N) is 2. The van der Waals surface area contributed by atoms with Gasteiger partial charge in [0, 0.05) is 27.9 Å². The van der Waals surface area contributed by atoms with Crippen LogP contribution in [0.5, 0.6) is 0 Å². The van der Waals surface area contributed by atoms with Gasteiger partial charge in [0.2, 0.25) is 0 Å². The number of fused-ring (bicyclic) bond motifs is 1. The number of rotatable bonds is 3. The number of benzene rings is 2. The van der Waals surface area contributed by atoms with Gasteiger partial charge in [-0.05, 0) is 42.5 Å². The maximum Gasteiger partial charge on any atom is 0.273 e. The van der Waals surface area contributed by atoms with Gasteiger partial charge < -0.3 is 5.32 Å². The molecule has 0 bridgehead atoms. The van der Waals surface area contributed by atoms with Crippen LogP contribution in [0.15, 0.2) is 60.1 Å². The van der Waals surface area contributed by atoms with Crippen molar-refractivity contribution in [3.05, 3.63) is 76.6 Å². The summed E-state index contributed by atoms with van der Waals surface area (Å²) in [6.45, 7) is 0. The molecular weight excluding hydrogens is 361 g/mol. The van der Waals surface area contributed by atoms with Crippen LogP contribution < -0.4 is 5.32 Å². The Morgan fingerprint density at radius 3 is 2.76 bits per heavy atom. The van der Waals surface area contributed by atoms with Crippen LogP contribution in [-0.2, 0) is 0 Å². The second-order valence-electron chi connectivity index (χ2n) is 5.37. The molecule has 0 atom stereocenters. The summed E-state index contributed by atoms with van der Waals surface area (Å²) in [5.74, 6) is -0.553. The summed E-state index contributed by atoms with van der Waals surface area (Å²) in [6, 6.07) is 13.0. The van der Waals surface area contributed by atoms with E-state index in [1.165, 1.54) is 23.5 Å².